The zero-order valence-electron chi connectivity index (χ0n) is 13.9. The second-order valence-electron chi connectivity index (χ2n) is 6.85. The first-order chi connectivity index (χ1) is 9.92. The van der Waals surface area contributed by atoms with Gasteiger partial charge >= 0.3 is 0 Å². The third-order valence-corrected chi connectivity index (χ3v) is 4.53. The lowest BCUT2D eigenvalue weighted by atomic mass is 9.89. The van der Waals surface area contributed by atoms with Crippen molar-refractivity contribution in [2.24, 2.45) is 0 Å². The van der Waals surface area contributed by atoms with Crippen molar-refractivity contribution in [3.05, 3.63) is 0 Å². The van der Waals surface area contributed by atoms with Crippen LogP contribution in [0, 0.1) is 0 Å². The summed E-state index contributed by atoms with van der Waals surface area (Å²) in [4.78, 5) is 16.3. The minimum absolute atomic E-state index is 0.117. The number of nitrogens with zero attached hydrogens (tertiary/aromatic N) is 2. The summed E-state index contributed by atoms with van der Waals surface area (Å²) in [6, 6.07) is 0.260. The predicted molar refractivity (Wildman–Crippen MR) is 82.3 cm³/mol. The molecule has 2 saturated heterocycles. The summed E-state index contributed by atoms with van der Waals surface area (Å²) in [5.41, 5.74) is -0.117. The number of rotatable bonds is 5. The van der Waals surface area contributed by atoms with Crippen molar-refractivity contribution in [1.82, 2.24) is 9.80 Å². The van der Waals surface area contributed by atoms with Gasteiger partial charge in [-0.1, -0.05) is 0 Å². The number of hydrogen-bond donors (Lipinski definition) is 0. The molecule has 0 N–H and O–H groups in total. The average molecular weight is 298 g/mol. The Morgan fingerprint density at radius 3 is 2.48 bits per heavy atom. The highest BCUT2D eigenvalue weighted by Gasteiger charge is 2.42. The predicted octanol–water partition coefficient (Wildman–Crippen LogP) is 1.51. The lowest BCUT2D eigenvalue weighted by Gasteiger charge is -2.48. The number of amides is 1. The molecule has 0 aromatic heterocycles. The van der Waals surface area contributed by atoms with Crippen LogP contribution in [0.2, 0.25) is 0 Å². The fourth-order valence-electron chi connectivity index (χ4n) is 3.12. The molecule has 21 heavy (non-hydrogen) atoms. The van der Waals surface area contributed by atoms with Crippen molar-refractivity contribution < 1.29 is 14.3 Å². The topological polar surface area (TPSA) is 42.0 Å². The molecule has 1 spiro atoms. The smallest absolute Gasteiger partial charge is 0.248 e. The van der Waals surface area contributed by atoms with Gasteiger partial charge in [0.15, 0.2) is 0 Å². The lowest BCUT2D eigenvalue weighted by molar-refractivity contribution is -0.174. The maximum Gasteiger partial charge on any atom is 0.248 e. The van der Waals surface area contributed by atoms with Crippen LogP contribution < -0.4 is 0 Å². The Kier molecular flexibility index (Phi) is 5.63. The molecule has 2 fully saturated rings. The molecular weight excluding hydrogens is 268 g/mol. The van der Waals surface area contributed by atoms with E-state index < -0.39 is 0 Å². The first kappa shape index (κ1) is 16.7. The molecule has 1 amide bonds. The second-order valence-corrected chi connectivity index (χ2v) is 6.85. The van der Waals surface area contributed by atoms with E-state index in [1.54, 1.807) is 0 Å². The number of ether oxygens (including phenoxy) is 2. The van der Waals surface area contributed by atoms with Crippen molar-refractivity contribution in [3.63, 3.8) is 0 Å². The van der Waals surface area contributed by atoms with Gasteiger partial charge in [0.05, 0.1) is 24.9 Å². The van der Waals surface area contributed by atoms with Crippen LogP contribution in [-0.2, 0) is 14.3 Å². The minimum Gasteiger partial charge on any atom is -0.377 e. The van der Waals surface area contributed by atoms with Crippen molar-refractivity contribution in [3.8, 4) is 0 Å². The van der Waals surface area contributed by atoms with Gasteiger partial charge in [-0.05, 0) is 40.5 Å². The van der Waals surface area contributed by atoms with Crippen LogP contribution in [0.4, 0.5) is 0 Å². The molecule has 0 atom stereocenters. The fourth-order valence-corrected chi connectivity index (χ4v) is 3.12. The van der Waals surface area contributed by atoms with E-state index in [1.165, 1.54) is 0 Å². The fraction of sp³-hybridized carbons (Fsp3) is 0.938. The summed E-state index contributed by atoms with van der Waals surface area (Å²) >= 11 is 0. The van der Waals surface area contributed by atoms with Gasteiger partial charge in [-0.15, -0.1) is 0 Å². The first-order valence-electron chi connectivity index (χ1n) is 8.19. The summed E-state index contributed by atoms with van der Waals surface area (Å²) in [6.07, 6.45) is 2.31. The molecule has 2 rings (SSSR count). The van der Waals surface area contributed by atoms with Gasteiger partial charge in [-0.25, -0.2) is 0 Å². The molecule has 0 aromatic carbocycles. The van der Waals surface area contributed by atoms with E-state index >= 15 is 0 Å². The SMILES string of the molecule is CC(C)OCCN1CCC2(CC1)CN(C(C)C)C(=O)CO2. The molecule has 0 radical (unpaired) electrons. The zero-order chi connectivity index (χ0) is 15.5. The van der Waals surface area contributed by atoms with Crippen LogP contribution in [0.3, 0.4) is 0 Å². The van der Waals surface area contributed by atoms with E-state index in [9.17, 15) is 4.79 Å². The highest BCUT2D eigenvalue weighted by molar-refractivity contribution is 5.78. The van der Waals surface area contributed by atoms with Crippen LogP contribution in [-0.4, -0.2) is 72.8 Å². The van der Waals surface area contributed by atoms with Crippen LogP contribution >= 0.6 is 0 Å². The van der Waals surface area contributed by atoms with Crippen LogP contribution in [0.15, 0.2) is 0 Å². The first-order valence-corrected chi connectivity index (χ1v) is 8.19. The third-order valence-electron chi connectivity index (χ3n) is 4.53. The highest BCUT2D eigenvalue weighted by Crippen LogP contribution is 2.31. The Morgan fingerprint density at radius 2 is 1.90 bits per heavy atom. The second kappa shape index (κ2) is 7.07. The maximum atomic E-state index is 11.9. The van der Waals surface area contributed by atoms with Crippen molar-refractivity contribution >= 4 is 5.91 Å². The number of carbonyl (C=O) groups excluding carboxylic acids is 1. The van der Waals surface area contributed by atoms with Crippen molar-refractivity contribution in [2.45, 2.75) is 58.3 Å². The Labute approximate surface area is 128 Å². The standard InChI is InChI=1S/C16H30N2O3/c1-13(2)18-12-16(21-11-15(18)19)5-7-17(8-6-16)9-10-20-14(3)4/h13-14H,5-12H2,1-4H3. The summed E-state index contributed by atoms with van der Waals surface area (Å²) in [5, 5.41) is 0. The highest BCUT2D eigenvalue weighted by atomic mass is 16.5. The van der Waals surface area contributed by atoms with E-state index in [0.29, 0.717) is 6.10 Å². The molecular formula is C16H30N2O3. The Hall–Kier alpha value is -0.650. The van der Waals surface area contributed by atoms with Crippen molar-refractivity contribution in [1.29, 1.82) is 0 Å². The van der Waals surface area contributed by atoms with Gasteiger partial charge < -0.3 is 19.3 Å². The van der Waals surface area contributed by atoms with E-state index in [2.05, 4.69) is 32.6 Å². The van der Waals surface area contributed by atoms with E-state index in [4.69, 9.17) is 9.47 Å². The Morgan fingerprint density at radius 1 is 1.24 bits per heavy atom. The Bertz CT molecular complexity index is 349. The largest absolute Gasteiger partial charge is 0.377 e. The maximum absolute atomic E-state index is 11.9. The summed E-state index contributed by atoms with van der Waals surface area (Å²) in [5.74, 6) is 0.128. The number of carbonyl (C=O) groups is 1. The lowest BCUT2D eigenvalue weighted by Crippen LogP contribution is -2.60. The Balaban J connectivity index is 1.81. The average Bonchev–Trinajstić information content (AvgIpc) is 2.43. The van der Waals surface area contributed by atoms with Crippen molar-refractivity contribution in [2.75, 3.05) is 39.4 Å². The number of morpholine rings is 1. The molecule has 2 aliphatic rings. The van der Waals surface area contributed by atoms with Gasteiger partial charge in [-0.3, -0.25) is 4.79 Å². The molecule has 0 aromatic rings. The molecule has 5 heteroatoms. The normalized spacial score (nSPS) is 23.5. The number of likely N-dealkylation sites (tertiary alicyclic amines) is 1. The quantitative estimate of drug-likeness (QED) is 0.771. The van der Waals surface area contributed by atoms with Gasteiger partial charge in [0.1, 0.15) is 6.61 Å². The van der Waals surface area contributed by atoms with E-state index in [0.717, 1.165) is 45.6 Å². The molecule has 0 unspecified atom stereocenters. The molecule has 2 heterocycles. The zero-order valence-corrected chi connectivity index (χ0v) is 13.9. The monoisotopic (exact) mass is 298 g/mol. The molecule has 5 nitrogen and oxygen atoms in total. The van der Waals surface area contributed by atoms with E-state index in [1.807, 2.05) is 4.90 Å². The molecule has 2 aliphatic heterocycles. The number of hydrogen-bond acceptors (Lipinski definition) is 4. The van der Waals surface area contributed by atoms with Gasteiger partial charge in [-0.2, -0.15) is 0 Å². The van der Waals surface area contributed by atoms with Crippen LogP contribution in [0.25, 0.3) is 0 Å². The van der Waals surface area contributed by atoms with Crippen LogP contribution in [0.5, 0.6) is 0 Å². The molecule has 0 saturated carbocycles. The molecule has 0 aliphatic carbocycles. The third kappa shape index (κ3) is 4.41. The van der Waals surface area contributed by atoms with Gasteiger partial charge in [0, 0.05) is 25.7 Å². The summed E-state index contributed by atoms with van der Waals surface area (Å²) in [6.45, 7) is 13.1. The summed E-state index contributed by atoms with van der Waals surface area (Å²) in [7, 11) is 0. The number of piperidine rings is 1. The van der Waals surface area contributed by atoms with Gasteiger partial charge in [0.2, 0.25) is 5.91 Å². The summed E-state index contributed by atoms with van der Waals surface area (Å²) < 4.78 is 11.6. The van der Waals surface area contributed by atoms with E-state index in [-0.39, 0.29) is 24.2 Å². The van der Waals surface area contributed by atoms with Gasteiger partial charge in [0.25, 0.3) is 0 Å². The minimum atomic E-state index is -0.117. The van der Waals surface area contributed by atoms with Crippen LogP contribution in [0.1, 0.15) is 40.5 Å². The molecule has 122 valence electrons. The molecule has 0 bridgehead atoms.